The Kier molecular flexibility index (Phi) is 5.97. The minimum absolute atomic E-state index is 0.167. The number of carboxylic acids is 1. The molecule has 0 aliphatic rings. The number of pyridine rings is 1. The molecule has 2 heterocycles. The monoisotopic (exact) mass is 436 g/mol. The van der Waals surface area contributed by atoms with E-state index in [0.29, 0.717) is 40.7 Å². The van der Waals surface area contributed by atoms with Crippen molar-refractivity contribution in [2.75, 3.05) is 19.0 Å². The Morgan fingerprint density at radius 2 is 2.00 bits per heavy atom. The molecule has 7 nitrogen and oxygen atoms in total. The molecule has 0 saturated heterocycles. The molecule has 0 aliphatic heterocycles. The van der Waals surface area contributed by atoms with Crippen molar-refractivity contribution in [3.05, 3.63) is 64.6 Å². The van der Waals surface area contributed by atoms with Crippen molar-refractivity contribution in [3.8, 4) is 0 Å². The average Bonchev–Trinajstić information content (AvgIpc) is 2.76. The standard InChI is InChI=1S/C23H21ClN4O3/c1-13-5-7-15(11-18(13)24)26-22-21-17(12-25-20(28-21)4-3-9-31-2)16-8-6-14(23(29)30)10-19(16)27-22/h5-8,10-12H,3-4,9H2,1-2H3,(H,26,27)(H,29,30). The van der Waals surface area contributed by atoms with Gasteiger partial charge in [0, 0.05) is 47.8 Å². The second kappa shape index (κ2) is 8.83. The zero-order valence-corrected chi connectivity index (χ0v) is 17.9. The third-order valence-corrected chi connectivity index (χ3v) is 5.42. The van der Waals surface area contributed by atoms with Crippen LogP contribution in [0.15, 0.2) is 42.6 Å². The van der Waals surface area contributed by atoms with Gasteiger partial charge < -0.3 is 15.2 Å². The lowest BCUT2D eigenvalue weighted by Gasteiger charge is -2.13. The lowest BCUT2D eigenvalue weighted by atomic mass is 10.1. The second-order valence-electron chi connectivity index (χ2n) is 7.23. The van der Waals surface area contributed by atoms with Crippen LogP contribution in [0.3, 0.4) is 0 Å². The predicted molar refractivity (Wildman–Crippen MR) is 121 cm³/mol. The highest BCUT2D eigenvalue weighted by molar-refractivity contribution is 6.31. The van der Waals surface area contributed by atoms with E-state index < -0.39 is 5.97 Å². The third-order valence-electron chi connectivity index (χ3n) is 5.01. The molecule has 2 N–H and O–H groups in total. The number of carboxylic acid groups (broad SMARTS) is 1. The number of benzene rings is 2. The summed E-state index contributed by atoms with van der Waals surface area (Å²) in [7, 11) is 1.66. The Bertz CT molecular complexity index is 1290. The number of rotatable bonds is 7. The van der Waals surface area contributed by atoms with Gasteiger partial charge in [0.2, 0.25) is 0 Å². The highest BCUT2D eigenvalue weighted by Crippen LogP contribution is 2.31. The van der Waals surface area contributed by atoms with Gasteiger partial charge in [-0.15, -0.1) is 0 Å². The average molecular weight is 437 g/mol. The summed E-state index contributed by atoms with van der Waals surface area (Å²) in [6, 6.07) is 10.5. The quantitative estimate of drug-likeness (QED) is 0.305. The topological polar surface area (TPSA) is 97.2 Å². The number of aromatic carboxylic acids is 1. The van der Waals surface area contributed by atoms with Crippen molar-refractivity contribution in [3.63, 3.8) is 0 Å². The number of nitrogens with zero attached hydrogens (tertiary/aromatic N) is 3. The summed E-state index contributed by atoms with van der Waals surface area (Å²) in [6.45, 7) is 2.56. The maximum atomic E-state index is 11.4. The Morgan fingerprint density at radius 1 is 1.16 bits per heavy atom. The van der Waals surface area contributed by atoms with Crippen LogP contribution in [0.1, 0.15) is 28.2 Å². The molecular weight excluding hydrogens is 416 g/mol. The van der Waals surface area contributed by atoms with Gasteiger partial charge in [0.05, 0.1) is 11.1 Å². The van der Waals surface area contributed by atoms with E-state index in [9.17, 15) is 9.90 Å². The molecule has 0 unspecified atom stereocenters. The summed E-state index contributed by atoms with van der Waals surface area (Å²) in [5.74, 6) is 0.201. The number of aryl methyl sites for hydroxylation is 2. The van der Waals surface area contributed by atoms with E-state index in [0.717, 1.165) is 28.4 Å². The number of ether oxygens (including phenoxy) is 1. The highest BCUT2D eigenvalue weighted by atomic mass is 35.5. The normalized spacial score (nSPS) is 11.2. The van der Waals surface area contributed by atoms with Gasteiger partial charge in [-0.3, -0.25) is 0 Å². The Balaban J connectivity index is 1.87. The van der Waals surface area contributed by atoms with Crippen LogP contribution in [0, 0.1) is 6.92 Å². The molecule has 0 spiro atoms. The Hall–Kier alpha value is -3.29. The molecule has 0 atom stereocenters. The van der Waals surface area contributed by atoms with Gasteiger partial charge >= 0.3 is 5.97 Å². The molecule has 4 aromatic rings. The number of hydrogen-bond acceptors (Lipinski definition) is 6. The van der Waals surface area contributed by atoms with E-state index in [1.54, 1.807) is 31.5 Å². The summed E-state index contributed by atoms with van der Waals surface area (Å²) in [5.41, 5.74) is 3.11. The fourth-order valence-electron chi connectivity index (χ4n) is 3.34. The molecule has 0 fully saturated rings. The first-order chi connectivity index (χ1) is 15.0. The SMILES string of the molecule is COCCCc1ncc2c(n1)c(Nc1ccc(C)c(Cl)c1)nc1cc(C(=O)O)ccc12. The van der Waals surface area contributed by atoms with E-state index in [-0.39, 0.29) is 5.56 Å². The summed E-state index contributed by atoms with van der Waals surface area (Å²) < 4.78 is 5.12. The first kappa shape index (κ1) is 21.0. The fourth-order valence-corrected chi connectivity index (χ4v) is 3.52. The predicted octanol–water partition coefficient (Wildman–Crippen LogP) is 5.16. The smallest absolute Gasteiger partial charge is 0.335 e. The molecule has 0 aliphatic carbocycles. The zero-order chi connectivity index (χ0) is 22.0. The van der Waals surface area contributed by atoms with Crippen LogP contribution in [0.2, 0.25) is 5.02 Å². The number of carbonyl (C=O) groups is 1. The van der Waals surface area contributed by atoms with Gasteiger partial charge in [-0.2, -0.15) is 0 Å². The number of halogens is 1. The summed E-state index contributed by atoms with van der Waals surface area (Å²) in [6.07, 6.45) is 3.25. The molecule has 2 aromatic carbocycles. The van der Waals surface area contributed by atoms with Gasteiger partial charge in [0.15, 0.2) is 5.82 Å². The van der Waals surface area contributed by atoms with Gasteiger partial charge in [-0.25, -0.2) is 19.7 Å². The maximum Gasteiger partial charge on any atom is 0.335 e. The van der Waals surface area contributed by atoms with Crippen LogP contribution in [0.5, 0.6) is 0 Å². The van der Waals surface area contributed by atoms with Crippen molar-refractivity contribution >= 4 is 50.9 Å². The van der Waals surface area contributed by atoms with E-state index in [1.165, 1.54) is 0 Å². The molecule has 0 saturated carbocycles. The third kappa shape index (κ3) is 4.42. The van der Waals surface area contributed by atoms with Crippen LogP contribution < -0.4 is 5.32 Å². The van der Waals surface area contributed by atoms with Crippen molar-refractivity contribution in [1.29, 1.82) is 0 Å². The molecular formula is C23H21ClN4O3. The molecule has 2 aromatic heterocycles. The van der Waals surface area contributed by atoms with Gasteiger partial charge in [0.1, 0.15) is 11.3 Å². The highest BCUT2D eigenvalue weighted by Gasteiger charge is 2.14. The van der Waals surface area contributed by atoms with Gasteiger partial charge in [-0.05, 0) is 43.2 Å². The first-order valence-corrected chi connectivity index (χ1v) is 10.2. The number of aromatic nitrogens is 3. The number of methoxy groups -OCH3 is 1. The van der Waals surface area contributed by atoms with Crippen LogP contribution in [-0.2, 0) is 11.2 Å². The summed E-state index contributed by atoms with van der Waals surface area (Å²) >= 11 is 6.28. The molecule has 31 heavy (non-hydrogen) atoms. The van der Waals surface area contributed by atoms with Gasteiger partial charge in [-0.1, -0.05) is 23.7 Å². The fraction of sp³-hybridized carbons (Fsp3) is 0.217. The van der Waals surface area contributed by atoms with E-state index >= 15 is 0 Å². The minimum Gasteiger partial charge on any atom is -0.478 e. The molecule has 0 amide bonds. The molecule has 158 valence electrons. The maximum absolute atomic E-state index is 11.4. The van der Waals surface area contributed by atoms with E-state index in [1.807, 2.05) is 25.1 Å². The lowest BCUT2D eigenvalue weighted by molar-refractivity contribution is 0.0697. The molecule has 4 rings (SSSR count). The van der Waals surface area contributed by atoms with E-state index in [2.05, 4.69) is 10.3 Å². The van der Waals surface area contributed by atoms with Crippen molar-refractivity contribution < 1.29 is 14.6 Å². The number of fused-ring (bicyclic) bond motifs is 3. The molecule has 0 bridgehead atoms. The first-order valence-electron chi connectivity index (χ1n) is 9.81. The lowest BCUT2D eigenvalue weighted by Crippen LogP contribution is -2.03. The number of anilines is 2. The Labute approximate surface area is 184 Å². The van der Waals surface area contributed by atoms with E-state index in [4.69, 9.17) is 26.3 Å². The zero-order valence-electron chi connectivity index (χ0n) is 17.1. The second-order valence-corrected chi connectivity index (χ2v) is 7.64. The van der Waals surface area contributed by atoms with Crippen LogP contribution >= 0.6 is 11.6 Å². The number of hydrogen-bond donors (Lipinski definition) is 2. The Morgan fingerprint density at radius 3 is 2.74 bits per heavy atom. The van der Waals surface area contributed by atoms with Crippen molar-refractivity contribution in [2.45, 2.75) is 19.8 Å². The van der Waals surface area contributed by atoms with Crippen LogP contribution in [0.25, 0.3) is 21.8 Å². The van der Waals surface area contributed by atoms with Crippen molar-refractivity contribution in [2.24, 2.45) is 0 Å². The molecule has 0 radical (unpaired) electrons. The van der Waals surface area contributed by atoms with Crippen molar-refractivity contribution in [1.82, 2.24) is 15.0 Å². The largest absolute Gasteiger partial charge is 0.478 e. The van der Waals surface area contributed by atoms with Gasteiger partial charge in [0.25, 0.3) is 0 Å². The number of nitrogens with one attached hydrogen (secondary N) is 1. The summed E-state index contributed by atoms with van der Waals surface area (Å²) in [4.78, 5) is 25.4. The minimum atomic E-state index is -1.01. The summed E-state index contributed by atoms with van der Waals surface area (Å²) in [5, 5.41) is 14.9. The van der Waals surface area contributed by atoms with Crippen LogP contribution in [0.4, 0.5) is 11.5 Å². The molecule has 8 heteroatoms. The van der Waals surface area contributed by atoms with Crippen LogP contribution in [-0.4, -0.2) is 39.7 Å².